The molecule has 0 unspecified atom stereocenters. The van der Waals surface area contributed by atoms with Crippen molar-refractivity contribution < 1.29 is 13.0 Å². The van der Waals surface area contributed by atoms with Gasteiger partial charge in [0.1, 0.15) is 4.90 Å². The van der Waals surface area contributed by atoms with E-state index < -0.39 is 10.1 Å². The van der Waals surface area contributed by atoms with Crippen molar-refractivity contribution in [3.05, 3.63) is 23.8 Å². The lowest BCUT2D eigenvalue weighted by molar-refractivity contribution is 0.483. The smallest absolute Gasteiger partial charge is 0.296 e. The van der Waals surface area contributed by atoms with Crippen molar-refractivity contribution in [3.63, 3.8) is 0 Å². The molecule has 0 heterocycles. The Morgan fingerprint density at radius 2 is 1.86 bits per heavy atom. The number of hydrogen-bond donors (Lipinski definition) is 2. The second-order valence-electron chi connectivity index (χ2n) is 2.52. The largest absolute Gasteiger partial charge is 0.398 e. The lowest BCUT2D eigenvalue weighted by Crippen LogP contribution is -2.03. The summed E-state index contributed by atoms with van der Waals surface area (Å²) in [5.41, 5.74) is 6.13. The molecule has 1 rings (SSSR count). The SMILES string of the molecule is Cc1ccc(N)c(S(=O)(=O)O)c1.N#N. The Morgan fingerprint density at radius 1 is 1.36 bits per heavy atom. The van der Waals surface area contributed by atoms with Crippen LogP contribution in [0.1, 0.15) is 5.56 Å². The fraction of sp³-hybridized carbons (Fsp3) is 0.143. The van der Waals surface area contributed by atoms with E-state index in [1.54, 1.807) is 13.0 Å². The van der Waals surface area contributed by atoms with E-state index in [2.05, 4.69) is 0 Å². The Morgan fingerprint density at radius 3 is 2.21 bits per heavy atom. The minimum absolute atomic E-state index is 0.0584. The fourth-order valence-electron chi connectivity index (χ4n) is 0.865. The summed E-state index contributed by atoms with van der Waals surface area (Å²) in [6.45, 7) is 1.72. The zero-order valence-electron chi connectivity index (χ0n) is 7.38. The zero-order chi connectivity index (χ0) is 11.4. The molecular weight excluding hydrogens is 206 g/mol. The van der Waals surface area contributed by atoms with Gasteiger partial charge in [-0.1, -0.05) is 6.07 Å². The Kier molecular flexibility index (Phi) is 4.01. The van der Waals surface area contributed by atoms with E-state index in [1.165, 1.54) is 12.1 Å². The van der Waals surface area contributed by atoms with Crippen molar-refractivity contribution in [1.29, 1.82) is 10.8 Å². The number of anilines is 1. The maximum atomic E-state index is 10.7. The molecule has 0 aliphatic carbocycles. The first-order valence-corrected chi connectivity index (χ1v) is 4.89. The van der Waals surface area contributed by atoms with E-state index in [-0.39, 0.29) is 10.6 Å². The number of hydrogen-bond acceptors (Lipinski definition) is 5. The molecule has 76 valence electrons. The Bertz CT molecular complexity index is 439. The minimum atomic E-state index is -4.18. The average Bonchev–Trinajstić information content (AvgIpc) is 2.11. The monoisotopic (exact) mass is 215 g/mol. The first kappa shape index (κ1) is 12.3. The molecule has 0 spiro atoms. The second kappa shape index (κ2) is 4.55. The number of nitrogen functional groups attached to an aromatic ring is 1. The molecule has 1 aromatic rings. The molecule has 0 bridgehead atoms. The number of nitrogens with two attached hydrogens (primary N) is 1. The third-order valence-corrected chi connectivity index (χ3v) is 2.36. The summed E-state index contributed by atoms with van der Waals surface area (Å²) < 4.78 is 30.0. The molecule has 7 heteroatoms. The lowest BCUT2D eigenvalue weighted by Gasteiger charge is -2.02. The van der Waals surface area contributed by atoms with Crippen molar-refractivity contribution in [2.24, 2.45) is 0 Å². The highest BCUT2D eigenvalue weighted by Gasteiger charge is 2.12. The molecule has 0 saturated carbocycles. The average molecular weight is 215 g/mol. The topological polar surface area (TPSA) is 128 Å². The standard InChI is InChI=1S/C7H9NO3S.N2/c1-5-2-3-6(8)7(4-5)12(9,10)11;1-2/h2-4H,8H2,1H3,(H,9,10,11);. The van der Waals surface area contributed by atoms with Crippen molar-refractivity contribution in [2.75, 3.05) is 5.73 Å². The van der Waals surface area contributed by atoms with Crippen LogP contribution in [0.15, 0.2) is 23.1 Å². The summed E-state index contributed by atoms with van der Waals surface area (Å²) >= 11 is 0. The highest BCUT2D eigenvalue weighted by molar-refractivity contribution is 7.86. The summed E-state index contributed by atoms with van der Waals surface area (Å²) in [5, 5.41) is 12.0. The van der Waals surface area contributed by atoms with Crippen molar-refractivity contribution >= 4 is 15.8 Å². The predicted molar refractivity (Wildman–Crippen MR) is 48.9 cm³/mol. The lowest BCUT2D eigenvalue weighted by atomic mass is 10.2. The summed E-state index contributed by atoms with van der Waals surface area (Å²) in [6, 6.07) is 4.44. The van der Waals surface area contributed by atoms with Crippen molar-refractivity contribution in [2.45, 2.75) is 11.8 Å². The highest BCUT2D eigenvalue weighted by atomic mass is 32.2. The van der Waals surface area contributed by atoms with Gasteiger partial charge in [-0.25, -0.2) is 0 Å². The molecule has 1 aromatic carbocycles. The molecule has 14 heavy (non-hydrogen) atoms. The molecule has 0 amide bonds. The second-order valence-corrected chi connectivity index (χ2v) is 3.91. The first-order valence-electron chi connectivity index (χ1n) is 3.45. The van der Waals surface area contributed by atoms with Gasteiger partial charge in [-0.2, -0.15) is 8.42 Å². The quantitative estimate of drug-likeness (QED) is 0.406. The van der Waals surface area contributed by atoms with Gasteiger partial charge < -0.3 is 5.73 Å². The maximum Gasteiger partial charge on any atom is 0.296 e. The summed E-state index contributed by atoms with van der Waals surface area (Å²) in [7, 11) is -4.18. The molecule has 0 fully saturated rings. The van der Waals surface area contributed by atoms with E-state index in [0.717, 1.165) is 5.56 Å². The van der Waals surface area contributed by atoms with Crippen LogP contribution in [0.5, 0.6) is 0 Å². The normalized spacial score (nSPS) is 10.0. The van der Waals surface area contributed by atoms with Crippen molar-refractivity contribution in [1.82, 2.24) is 0 Å². The Hall–Kier alpha value is -1.65. The van der Waals surface area contributed by atoms with Gasteiger partial charge in [0, 0.05) is 10.8 Å². The van der Waals surface area contributed by atoms with E-state index >= 15 is 0 Å². The summed E-state index contributed by atoms with van der Waals surface area (Å²) in [4.78, 5) is -0.234. The third kappa shape index (κ3) is 3.01. The number of aryl methyl sites for hydroxylation is 1. The van der Waals surface area contributed by atoms with Crippen LogP contribution in [0.25, 0.3) is 0 Å². The van der Waals surface area contributed by atoms with Crippen LogP contribution in [0.4, 0.5) is 5.69 Å². The van der Waals surface area contributed by atoms with Gasteiger partial charge in [0.25, 0.3) is 10.1 Å². The first-order chi connectivity index (χ1) is 6.41. The fourth-order valence-corrected chi connectivity index (χ4v) is 1.57. The van der Waals surface area contributed by atoms with Gasteiger partial charge in [0.15, 0.2) is 0 Å². The minimum Gasteiger partial charge on any atom is -0.398 e. The van der Waals surface area contributed by atoms with E-state index in [4.69, 9.17) is 21.1 Å². The highest BCUT2D eigenvalue weighted by Crippen LogP contribution is 2.18. The van der Waals surface area contributed by atoms with Crippen molar-refractivity contribution in [3.8, 4) is 0 Å². The summed E-state index contributed by atoms with van der Waals surface area (Å²) in [5.74, 6) is 0. The van der Waals surface area contributed by atoms with Crippen LogP contribution in [0.3, 0.4) is 0 Å². The van der Waals surface area contributed by atoms with Gasteiger partial charge in [-0.15, -0.1) is 0 Å². The van der Waals surface area contributed by atoms with Gasteiger partial charge in [-0.3, -0.25) is 4.55 Å². The van der Waals surface area contributed by atoms with Crippen LogP contribution in [-0.2, 0) is 10.1 Å². The van der Waals surface area contributed by atoms with Crippen LogP contribution < -0.4 is 5.73 Å². The van der Waals surface area contributed by atoms with Gasteiger partial charge in [0.2, 0.25) is 0 Å². The van der Waals surface area contributed by atoms with E-state index in [1.807, 2.05) is 0 Å². The maximum absolute atomic E-state index is 10.7. The zero-order valence-corrected chi connectivity index (χ0v) is 8.19. The van der Waals surface area contributed by atoms with Crippen LogP contribution in [-0.4, -0.2) is 13.0 Å². The van der Waals surface area contributed by atoms with Crippen LogP contribution in [0, 0.1) is 17.7 Å². The van der Waals surface area contributed by atoms with Gasteiger partial charge in [-0.05, 0) is 24.6 Å². The molecule has 0 aliphatic heterocycles. The number of nitrogens with zero attached hydrogens (tertiary/aromatic N) is 2. The van der Waals surface area contributed by atoms with Gasteiger partial charge >= 0.3 is 0 Å². The molecular formula is C7H9N3O3S. The Balaban J connectivity index is 0.000000791. The summed E-state index contributed by atoms with van der Waals surface area (Å²) in [6.07, 6.45) is 0. The van der Waals surface area contributed by atoms with E-state index in [9.17, 15) is 8.42 Å². The molecule has 0 aromatic heterocycles. The molecule has 0 atom stereocenters. The number of rotatable bonds is 1. The molecule has 0 saturated heterocycles. The molecule has 0 radical (unpaired) electrons. The van der Waals surface area contributed by atoms with Crippen LogP contribution >= 0.6 is 0 Å². The van der Waals surface area contributed by atoms with Gasteiger partial charge in [0.05, 0.1) is 5.69 Å². The van der Waals surface area contributed by atoms with Crippen LogP contribution in [0.2, 0.25) is 0 Å². The molecule has 3 N–H and O–H groups in total. The predicted octanol–water partition coefficient (Wildman–Crippen LogP) is 0.854. The van der Waals surface area contributed by atoms with E-state index in [0.29, 0.717) is 0 Å². The molecule has 6 nitrogen and oxygen atoms in total. The molecule has 0 aliphatic rings. The number of benzene rings is 1. The Labute approximate surface area is 81.5 Å². The third-order valence-electron chi connectivity index (χ3n) is 1.45.